The Kier molecular flexibility index (Phi) is 4.56. The first-order valence-corrected chi connectivity index (χ1v) is 7.87. The van der Waals surface area contributed by atoms with Crippen LogP contribution in [0.2, 0.25) is 0 Å². The normalized spacial score (nSPS) is 28.1. The predicted molar refractivity (Wildman–Crippen MR) is 79.8 cm³/mol. The van der Waals surface area contributed by atoms with E-state index in [2.05, 4.69) is 5.32 Å². The third-order valence-electron chi connectivity index (χ3n) is 4.55. The standard InChI is InChI=1S/C17H23NO3/c19-15-10-13-5-1-2-6-14(13)17(15)18-16(20)8-7-12-4-3-9-21-11-12/h1-2,5-6,12,15,17,19H,3-4,7-11H2,(H,18,20). The first-order valence-electron chi connectivity index (χ1n) is 7.87. The van der Waals surface area contributed by atoms with Gasteiger partial charge in [-0.25, -0.2) is 0 Å². The highest BCUT2D eigenvalue weighted by atomic mass is 16.5. The number of aliphatic hydroxyl groups excluding tert-OH is 1. The van der Waals surface area contributed by atoms with E-state index in [0.29, 0.717) is 18.8 Å². The Hall–Kier alpha value is -1.39. The lowest BCUT2D eigenvalue weighted by atomic mass is 9.96. The van der Waals surface area contributed by atoms with E-state index >= 15 is 0 Å². The van der Waals surface area contributed by atoms with E-state index in [9.17, 15) is 9.90 Å². The van der Waals surface area contributed by atoms with Crippen molar-refractivity contribution < 1.29 is 14.6 Å². The molecule has 1 heterocycles. The van der Waals surface area contributed by atoms with Gasteiger partial charge in [-0.3, -0.25) is 4.79 Å². The number of carbonyl (C=O) groups is 1. The van der Waals surface area contributed by atoms with Gasteiger partial charge < -0.3 is 15.2 Å². The molecule has 4 nitrogen and oxygen atoms in total. The molecule has 0 radical (unpaired) electrons. The molecule has 3 atom stereocenters. The van der Waals surface area contributed by atoms with Crippen LogP contribution in [0.5, 0.6) is 0 Å². The Morgan fingerprint density at radius 3 is 3.05 bits per heavy atom. The maximum absolute atomic E-state index is 12.1. The highest BCUT2D eigenvalue weighted by Crippen LogP contribution is 2.31. The molecule has 0 aromatic heterocycles. The fraction of sp³-hybridized carbons (Fsp3) is 0.588. The molecule has 21 heavy (non-hydrogen) atoms. The van der Waals surface area contributed by atoms with E-state index in [1.807, 2.05) is 24.3 Å². The van der Waals surface area contributed by atoms with Gasteiger partial charge in [0.2, 0.25) is 5.91 Å². The fourth-order valence-electron chi connectivity index (χ4n) is 3.36. The number of hydrogen-bond donors (Lipinski definition) is 2. The Balaban J connectivity index is 1.52. The summed E-state index contributed by atoms with van der Waals surface area (Å²) in [6.07, 6.45) is 3.75. The van der Waals surface area contributed by atoms with Crippen LogP contribution in [0.3, 0.4) is 0 Å². The second-order valence-electron chi connectivity index (χ2n) is 6.14. The minimum absolute atomic E-state index is 0.0290. The summed E-state index contributed by atoms with van der Waals surface area (Å²) in [4.78, 5) is 12.1. The average Bonchev–Trinajstić information content (AvgIpc) is 2.82. The smallest absolute Gasteiger partial charge is 0.220 e. The summed E-state index contributed by atoms with van der Waals surface area (Å²) in [7, 11) is 0. The van der Waals surface area contributed by atoms with Crippen LogP contribution < -0.4 is 5.32 Å². The van der Waals surface area contributed by atoms with Gasteiger partial charge in [0.1, 0.15) is 0 Å². The van der Waals surface area contributed by atoms with E-state index in [4.69, 9.17) is 4.74 Å². The molecule has 114 valence electrons. The minimum atomic E-state index is -0.510. The highest BCUT2D eigenvalue weighted by molar-refractivity contribution is 5.76. The van der Waals surface area contributed by atoms with Crippen LogP contribution in [-0.2, 0) is 16.0 Å². The predicted octanol–water partition coefficient (Wildman–Crippen LogP) is 1.97. The summed E-state index contributed by atoms with van der Waals surface area (Å²) < 4.78 is 5.44. The topological polar surface area (TPSA) is 58.6 Å². The summed E-state index contributed by atoms with van der Waals surface area (Å²) in [5.41, 5.74) is 2.19. The zero-order valence-corrected chi connectivity index (χ0v) is 12.3. The highest BCUT2D eigenvalue weighted by Gasteiger charge is 2.31. The fourth-order valence-corrected chi connectivity index (χ4v) is 3.36. The van der Waals surface area contributed by atoms with Gasteiger partial charge in [-0.05, 0) is 36.3 Å². The summed E-state index contributed by atoms with van der Waals surface area (Å²) in [5, 5.41) is 13.1. The van der Waals surface area contributed by atoms with Crippen LogP contribution in [0.1, 0.15) is 42.9 Å². The zero-order chi connectivity index (χ0) is 14.7. The molecule has 3 rings (SSSR count). The van der Waals surface area contributed by atoms with Crippen LogP contribution in [0.4, 0.5) is 0 Å². The monoisotopic (exact) mass is 289 g/mol. The molecule has 1 aliphatic heterocycles. The molecule has 1 amide bonds. The molecular weight excluding hydrogens is 266 g/mol. The van der Waals surface area contributed by atoms with Gasteiger partial charge in [0.25, 0.3) is 0 Å². The second-order valence-corrected chi connectivity index (χ2v) is 6.14. The zero-order valence-electron chi connectivity index (χ0n) is 12.3. The van der Waals surface area contributed by atoms with Crippen LogP contribution in [-0.4, -0.2) is 30.3 Å². The van der Waals surface area contributed by atoms with Crippen molar-refractivity contribution in [3.63, 3.8) is 0 Å². The maximum atomic E-state index is 12.1. The van der Waals surface area contributed by atoms with Gasteiger partial charge in [0.15, 0.2) is 0 Å². The third kappa shape index (κ3) is 3.44. The number of benzene rings is 1. The minimum Gasteiger partial charge on any atom is -0.390 e. The quantitative estimate of drug-likeness (QED) is 0.891. The molecule has 4 heteroatoms. The Bertz CT molecular complexity index is 497. The van der Waals surface area contributed by atoms with E-state index in [1.54, 1.807) is 0 Å². The molecule has 2 N–H and O–H groups in total. The average molecular weight is 289 g/mol. The molecule has 0 saturated carbocycles. The lowest BCUT2D eigenvalue weighted by Gasteiger charge is -2.22. The second kappa shape index (κ2) is 6.58. The molecule has 1 fully saturated rings. The Labute approximate surface area is 125 Å². The number of fused-ring (bicyclic) bond motifs is 1. The summed E-state index contributed by atoms with van der Waals surface area (Å²) in [6, 6.07) is 7.68. The van der Waals surface area contributed by atoms with Crippen LogP contribution in [0, 0.1) is 5.92 Å². The first kappa shape index (κ1) is 14.5. The number of hydrogen-bond acceptors (Lipinski definition) is 3. The van der Waals surface area contributed by atoms with Crippen LogP contribution in [0.15, 0.2) is 24.3 Å². The summed E-state index contributed by atoms with van der Waals surface area (Å²) in [5.74, 6) is 0.534. The molecular formula is C17H23NO3. The molecule has 1 aromatic rings. The largest absolute Gasteiger partial charge is 0.390 e. The van der Waals surface area contributed by atoms with Gasteiger partial charge in [-0.2, -0.15) is 0 Å². The van der Waals surface area contributed by atoms with Crippen molar-refractivity contribution in [3.05, 3.63) is 35.4 Å². The molecule has 1 aliphatic carbocycles. The van der Waals surface area contributed by atoms with Crippen molar-refractivity contribution in [2.45, 2.75) is 44.2 Å². The lowest BCUT2D eigenvalue weighted by Crippen LogP contribution is -2.34. The van der Waals surface area contributed by atoms with Gasteiger partial charge in [-0.1, -0.05) is 24.3 Å². The van der Waals surface area contributed by atoms with E-state index in [-0.39, 0.29) is 11.9 Å². The third-order valence-corrected chi connectivity index (χ3v) is 4.55. The van der Waals surface area contributed by atoms with Gasteiger partial charge >= 0.3 is 0 Å². The van der Waals surface area contributed by atoms with Crippen molar-refractivity contribution >= 4 is 5.91 Å². The summed E-state index contributed by atoms with van der Waals surface area (Å²) >= 11 is 0. The molecule has 0 bridgehead atoms. The van der Waals surface area contributed by atoms with Crippen molar-refractivity contribution in [2.24, 2.45) is 5.92 Å². The van der Waals surface area contributed by atoms with Gasteiger partial charge in [0, 0.05) is 26.1 Å². The molecule has 1 aromatic carbocycles. The molecule has 3 unspecified atom stereocenters. The molecule has 0 spiro atoms. The van der Waals surface area contributed by atoms with Crippen molar-refractivity contribution in [1.29, 1.82) is 0 Å². The van der Waals surface area contributed by atoms with Gasteiger partial charge in [-0.15, -0.1) is 0 Å². The van der Waals surface area contributed by atoms with Crippen LogP contribution >= 0.6 is 0 Å². The number of nitrogens with one attached hydrogen (secondary N) is 1. The van der Waals surface area contributed by atoms with E-state index < -0.39 is 6.10 Å². The Morgan fingerprint density at radius 1 is 1.38 bits per heavy atom. The number of amides is 1. The molecule has 1 saturated heterocycles. The number of aliphatic hydroxyl groups is 1. The first-order chi connectivity index (χ1) is 10.2. The van der Waals surface area contributed by atoms with Crippen molar-refractivity contribution in [1.82, 2.24) is 5.32 Å². The lowest BCUT2D eigenvalue weighted by molar-refractivity contribution is -0.123. The summed E-state index contributed by atoms with van der Waals surface area (Å²) in [6.45, 7) is 1.63. The van der Waals surface area contributed by atoms with Crippen molar-refractivity contribution in [2.75, 3.05) is 13.2 Å². The number of rotatable bonds is 4. The number of carbonyl (C=O) groups excluding carboxylic acids is 1. The number of ether oxygens (including phenoxy) is 1. The van der Waals surface area contributed by atoms with Crippen LogP contribution in [0.25, 0.3) is 0 Å². The SMILES string of the molecule is O=C(CCC1CCCOC1)NC1c2ccccc2CC1O. The Morgan fingerprint density at radius 2 is 2.24 bits per heavy atom. The van der Waals surface area contributed by atoms with E-state index in [0.717, 1.165) is 43.6 Å². The van der Waals surface area contributed by atoms with Gasteiger partial charge in [0.05, 0.1) is 12.1 Å². The maximum Gasteiger partial charge on any atom is 0.220 e. The van der Waals surface area contributed by atoms with E-state index in [1.165, 1.54) is 0 Å². The molecule has 2 aliphatic rings. The van der Waals surface area contributed by atoms with Crippen molar-refractivity contribution in [3.8, 4) is 0 Å².